The van der Waals surface area contributed by atoms with Crippen molar-refractivity contribution in [2.24, 2.45) is 0 Å². The standard InChI is InChI=1S/Mo.H3O4P.H3O2PS2/c;1-5(2,3)4;1-3(2,4)5/h;(H3,1,2,3,4);(H3,1,2,4,5)/p-6. The SMILES string of the molecule is O=P([O-])([O-])[O-].[Mo].[O-]P([O-])(=S)[S-]. The van der Waals surface area contributed by atoms with E-state index in [2.05, 4.69) is 24.1 Å². The molecule has 0 aromatic heterocycles. The fourth-order valence-electron chi connectivity index (χ4n) is 0. The Morgan fingerprint density at radius 3 is 1.09 bits per heavy atom. The van der Waals surface area contributed by atoms with Crippen molar-refractivity contribution in [1.82, 2.24) is 0 Å². The molecule has 0 bridgehead atoms. The number of hydrogen-bond acceptors (Lipinski definition) is 8. The third-order valence-electron chi connectivity index (χ3n) is 0. The van der Waals surface area contributed by atoms with E-state index in [0.29, 0.717) is 0 Å². The molecular formula is MoO6P2S2-6. The molecule has 0 amide bonds. The predicted molar refractivity (Wildman–Crippen MR) is 29.3 cm³/mol. The molecule has 0 N–H and O–H groups in total. The molecule has 0 spiro atoms. The minimum Gasteiger partial charge on any atom is -0.850 e. The van der Waals surface area contributed by atoms with Gasteiger partial charge in [0.25, 0.3) is 0 Å². The monoisotopic (exact) mass is 320 g/mol. The van der Waals surface area contributed by atoms with Crippen LogP contribution in [0, 0.1) is 0 Å². The van der Waals surface area contributed by atoms with Crippen LogP contribution in [-0.4, -0.2) is 0 Å². The van der Waals surface area contributed by atoms with E-state index in [1.165, 1.54) is 0 Å². The van der Waals surface area contributed by atoms with E-state index in [0.717, 1.165) is 0 Å². The molecule has 0 aliphatic rings. The van der Waals surface area contributed by atoms with Gasteiger partial charge < -0.3 is 47.0 Å². The molecule has 0 aliphatic carbocycles. The van der Waals surface area contributed by atoms with Crippen molar-refractivity contribution in [3.05, 3.63) is 0 Å². The summed E-state index contributed by atoms with van der Waals surface area (Å²) in [6.45, 7) is 0. The summed E-state index contributed by atoms with van der Waals surface area (Å²) in [4.78, 5) is 44.2. The maximum absolute atomic E-state index is 9.29. The molecule has 70 valence electrons. The first-order valence-corrected chi connectivity index (χ1v) is 6.57. The molecule has 11 heavy (non-hydrogen) atoms. The first-order chi connectivity index (χ1) is 4.00. The van der Waals surface area contributed by atoms with Crippen LogP contribution in [0.3, 0.4) is 0 Å². The Labute approximate surface area is 87.5 Å². The van der Waals surface area contributed by atoms with Gasteiger partial charge in [-0.1, -0.05) is 0 Å². The molecule has 0 rings (SSSR count). The van der Waals surface area contributed by atoms with Crippen LogP contribution in [-0.2, 0) is 49.7 Å². The molecular weight excluding hydrogens is 318 g/mol. The van der Waals surface area contributed by atoms with Crippen LogP contribution in [0.15, 0.2) is 0 Å². The maximum Gasteiger partial charge on any atom is 0 e. The zero-order valence-electron chi connectivity index (χ0n) is 4.57. The van der Waals surface area contributed by atoms with Crippen molar-refractivity contribution in [1.29, 1.82) is 0 Å². The third-order valence-corrected chi connectivity index (χ3v) is 0. The second kappa shape index (κ2) is 7.15. The van der Waals surface area contributed by atoms with Gasteiger partial charge in [0, 0.05) is 21.1 Å². The summed E-state index contributed by atoms with van der Waals surface area (Å²) < 4.78 is 8.55. The summed E-state index contributed by atoms with van der Waals surface area (Å²) in [5.74, 6) is 0. The zero-order valence-corrected chi connectivity index (χ0v) is 10.00. The molecule has 0 atom stereocenters. The topological polar surface area (TPSA) is 132 Å². The summed E-state index contributed by atoms with van der Waals surface area (Å²) in [6.07, 6.45) is 0. The Kier molecular flexibility index (Phi) is 12.0. The Morgan fingerprint density at radius 1 is 1.09 bits per heavy atom. The molecule has 0 saturated heterocycles. The molecule has 6 nitrogen and oxygen atoms in total. The molecule has 0 aliphatic heterocycles. The minimum absolute atomic E-state index is 0. The van der Waals surface area contributed by atoms with E-state index in [1.54, 1.807) is 0 Å². The van der Waals surface area contributed by atoms with Gasteiger partial charge in [0.15, 0.2) is 0 Å². The molecule has 11 heteroatoms. The fourth-order valence-corrected chi connectivity index (χ4v) is 0. The number of rotatable bonds is 0. The van der Waals surface area contributed by atoms with E-state index in [9.17, 15) is 9.79 Å². The molecule has 0 aromatic rings. The summed E-state index contributed by atoms with van der Waals surface area (Å²) >= 11 is 7.28. The summed E-state index contributed by atoms with van der Waals surface area (Å²) in [7, 11) is -5.39. The van der Waals surface area contributed by atoms with E-state index in [1.807, 2.05) is 0 Å². The maximum atomic E-state index is 9.29. The smallest absolute Gasteiger partial charge is 0 e. The van der Waals surface area contributed by atoms with Crippen LogP contribution in [0.25, 0.3) is 0 Å². The zero-order chi connectivity index (χ0) is 9.00. The van der Waals surface area contributed by atoms with Gasteiger partial charge in [0.05, 0.1) is 0 Å². The predicted octanol–water partition coefficient (Wildman–Crippen LogP) is -4.35. The van der Waals surface area contributed by atoms with Gasteiger partial charge in [-0.15, -0.1) is 0 Å². The average Bonchev–Trinajstić information content (AvgIpc) is 1.12. The van der Waals surface area contributed by atoms with Gasteiger partial charge in [0.1, 0.15) is 0 Å². The van der Waals surface area contributed by atoms with Gasteiger partial charge in [-0.2, -0.15) is 19.6 Å². The second-order valence-corrected chi connectivity index (χ2v) is 6.26. The molecule has 0 unspecified atom stereocenters. The van der Waals surface area contributed by atoms with Crippen LogP contribution in [0.5, 0.6) is 0 Å². The van der Waals surface area contributed by atoms with Crippen molar-refractivity contribution in [3.63, 3.8) is 0 Å². The van der Waals surface area contributed by atoms with Gasteiger partial charge in [-0.05, 0) is 0 Å². The molecule has 0 radical (unpaired) electrons. The molecule has 0 heterocycles. The summed E-state index contributed by atoms with van der Waals surface area (Å²) in [6, 6.07) is 0. The Bertz CT molecular complexity index is 131. The van der Waals surface area contributed by atoms with E-state index in [4.69, 9.17) is 19.2 Å². The minimum atomic E-state index is -5.39. The number of hydrogen-bond donors (Lipinski definition) is 0. The second-order valence-electron chi connectivity index (χ2n) is 0.894. The van der Waals surface area contributed by atoms with Gasteiger partial charge >= 0.3 is 0 Å². The summed E-state index contributed by atoms with van der Waals surface area (Å²) in [5.41, 5.74) is -3.72. The molecule has 0 saturated carbocycles. The van der Waals surface area contributed by atoms with Crippen molar-refractivity contribution in [3.8, 4) is 0 Å². The largest absolute Gasteiger partial charge is 0.850 e. The van der Waals surface area contributed by atoms with E-state index < -0.39 is 13.5 Å². The normalized spacial score (nSPS) is 10.7. The number of phosphoric acid groups is 1. The first kappa shape index (κ1) is 18.5. The van der Waals surface area contributed by atoms with Gasteiger partial charge in [0.2, 0.25) is 0 Å². The molecule has 0 fully saturated rings. The Hall–Kier alpha value is 1.72. The van der Waals surface area contributed by atoms with Crippen molar-refractivity contribution in [2.75, 3.05) is 0 Å². The van der Waals surface area contributed by atoms with Crippen LogP contribution in [0.2, 0.25) is 0 Å². The van der Waals surface area contributed by atoms with Crippen molar-refractivity contribution in [2.45, 2.75) is 0 Å². The van der Waals surface area contributed by atoms with Crippen LogP contribution in [0.1, 0.15) is 0 Å². The average molecular weight is 318 g/mol. The first-order valence-electron chi connectivity index (χ1n) is 1.46. The van der Waals surface area contributed by atoms with Crippen LogP contribution < -0.4 is 24.5 Å². The van der Waals surface area contributed by atoms with E-state index in [-0.39, 0.29) is 21.1 Å². The third kappa shape index (κ3) is 375. The van der Waals surface area contributed by atoms with Crippen molar-refractivity contribution >= 4 is 37.6 Å². The Morgan fingerprint density at radius 2 is 1.09 bits per heavy atom. The van der Waals surface area contributed by atoms with E-state index >= 15 is 0 Å². The molecule has 0 aromatic carbocycles. The van der Waals surface area contributed by atoms with Gasteiger partial charge in [-0.25, -0.2) is 0 Å². The van der Waals surface area contributed by atoms with Crippen LogP contribution in [0.4, 0.5) is 0 Å². The van der Waals surface area contributed by atoms with Crippen LogP contribution >= 0.6 is 13.5 Å². The fraction of sp³-hybridized carbons (Fsp3) is 0. The Balaban J connectivity index is -0.000000107. The quantitative estimate of drug-likeness (QED) is 0.249. The summed E-state index contributed by atoms with van der Waals surface area (Å²) in [5, 5.41) is 0. The van der Waals surface area contributed by atoms with Gasteiger partial charge in [-0.3, -0.25) is 0 Å². The van der Waals surface area contributed by atoms with Crippen molar-refractivity contribution < 1.29 is 50.1 Å².